The number of hydrogen-bond donors (Lipinski definition) is 0. The van der Waals surface area contributed by atoms with E-state index in [1.807, 2.05) is 13.0 Å². The third-order valence-electron chi connectivity index (χ3n) is 4.59. The first-order valence-electron chi connectivity index (χ1n) is 9.07. The third kappa shape index (κ3) is 4.81. The van der Waals surface area contributed by atoms with Crippen LogP contribution in [0, 0.1) is 12.7 Å². The lowest BCUT2D eigenvalue weighted by molar-refractivity contribution is 0.383. The molecule has 1 aliphatic heterocycles. The van der Waals surface area contributed by atoms with Crippen molar-refractivity contribution >= 4 is 15.8 Å². The molecule has 0 amide bonds. The van der Waals surface area contributed by atoms with E-state index in [2.05, 4.69) is 28.7 Å². The lowest BCUT2D eigenvalue weighted by Crippen LogP contribution is -2.49. The van der Waals surface area contributed by atoms with Gasteiger partial charge in [0.15, 0.2) is 0 Å². The molecule has 2 heterocycles. The van der Waals surface area contributed by atoms with E-state index in [1.165, 1.54) is 28.6 Å². The Kier molecular flexibility index (Phi) is 5.76. The van der Waals surface area contributed by atoms with Crippen LogP contribution in [0.15, 0.2) is 30.3 Å². The largest absolute Gasteiger partial charge is 0.354 e. The van der Waals surface area contributed by atoms with Gasteiger partial charge in [0.05, 0.1) is 5.75 Å². The molecule has 0 N–H and O–H groups in total. The molecule has 27 heavy (non-hydrogen) atoms. The lowest BCUT2D eigenvalue weighted by Gasteiger charge is -2.35. The van der Waals surface area contributed by atoms with Gasteiger partial charge in [-0.05, 0) is 24.6 Å². The maximum absolute atomic E-state index is 13.0. The second-order valence-corrected chi connectivity index (χ2v) is 9.12. The molecule has 1 aromatic heterocycles. The first kappa shape index (κ1) is 19.7. The Bertz CT molecular complexity index is 892. The van der Waals surface area contributed by atoms with Crippen LogP contribution in [-0.4, -0.2) is 48.9 Å². The van der Waals surface area contributed by atoms with E-state index in [-0.39, 0.29) is 17.5 Å². The van der Waals surface area contributed by atoms with Gasteiger partial charge in [0, 0.05) is 43.9 Å². The average molecular weight is 393 g/mol. The van der Waals surface area contributed by atoms with Gasteiger partial charge in [0.25, 0.3) is 0 Å². The zero-order valence-corrected chi connectivity index (χ0v) is 16.7. The van der Waals surface area contributed by atoms with Gasteiger partial charge in [0.1, 0.15) is 17.5 Å². The normalized spacial score (nSPS) is 16.1. The Morgan fingerprint density at radius 2 is 1.70 bits per heavy atom. The van der Waals surface area contributed by atoms with Crippen molar-refractivity contribution in [3.05, 3.63) is 53.2 Å². The van der Waals surface area contributed by atoms with E-state index in [0.717, 1.165) is 17.3 Å². The van der Waals surface area contributed by atoms with Crippen LogP contribution in [0.4, 0.5) is 10.2 Å². The topological polar surface area (TPSA) is 66.4 Å². The molecule has 0 radical (unpaired) electrons. The summed E-state index contributed by atoms with van der Waals surface area (Å²) in [6.07, 6.45) is 0. The summed E-state index contributed by atoms with van der Waals surface area (Å²) in [6, 6.07) is 7.54. The second kappa shape index (κ2) is 7.90. The van der Waals surface area contributed by atoms with Crippen LogP contribution in [0.25, 0.3) is 0 Å². The highest BCUT2D eigenvalue weighted by molar-refractivity contribution is 7.88. The molecule has 2 aromatic rings. The van der Waals surface area contributed by atoms with E-state index in [0.29, 0.717) is 31.7 Å². The van der Waals surface area contributed by atoms with Crippen molar-refractivity contribution in [3.63, 3.8) is 0 Å². The summed E-state index contributed by atoms with van der Waals surface area (Å²) in [5.41, 5.74) is 1.50. The molecular formula is C19H25FN4O2S. The molecular weight excluding hydrogens is 367 g/mol. The molecule has 8 heteroatoms. The fourth-order valence-electron chi connectivity index (χ4n) is 3.07. The zero-order valence-electron chi connectivity index (χ0n) is 15.9. The standard InChI is InChI=1S/C19H25FN4O2S/c1-14(2)19-21-15(3)12-18(22-19)23-8-10-24(11-9-23)27(25,26)13-16-4-6-17(20)7-5-16/h4-7,12,14H,8-11,13H2,1-3H3. The Labute approximate surface area is 160 Å². The maximum Gasteiger partial charge on any atom is 0.218 e. The van der Waals surface area contributed by atoms with Crippen molar-refractivity contribution in [1.82, 2.24) is 14.3 Å². The molecule has 0 bridgehead atoms. The fourth-order valence-corrected chi connectivity index (χ4v) is 4.59. The molecule has 1 aromatic carbocycles. The van der Waals surface area contributed by atoms with Crippen LogP contribution in [0.3, 0.4) is 0 Å². The highest BCUT2D eigenvalue weighted by atomic mass is 32.2. The number of sulfonamides is 1. The van der Waals surface area contributed by atoms with Crippen LogP contribution in [0.5, 0.6) is 0 Å². The summed E-state index contributed by atoms with van der Waals surface area (Å²) in [4.78, 5) is 11.2. The first-order valence-corrected chi connectivity index (χ1v) is 10.7. The molecule has 0 atom stereocenters. The minimum Gasteiger partial charge on any atom is -0.354 e. The van der Waals surface area contributed by atoms with Crippen LogP contribution in [0.1, 0.15) is 36.8 Å². The quantitative estimate of drug-likeness (QED) is 0.783. The Balaban J connectivity index is 1.67. The molecule has 0 spiro atoms. The number of halogens is 1. The summed E-state index contributed by atoms with van der Waals surface area (Å²) in [5.74, 6) is 1.40. The molecule has 3 rings (SSSR count). The number of piperazine rings is 1. The molecule has 1 saturated heterocycles. The molecule has 0 unspecified atom stereocenters. The van der Waals surface area contributed by atoms with E-state index in [1.54, 1.807) is 0 Å². The van der Waals surface area contributed by atoms with Crippen LogP contribution in [-0.2, 0) is 15.8 Å². The summed E-state index contributed by atoms with van der Waals surface area (Å²) in [7, 11) is -3.43. The van der Waals surface area contributed by atoms with Crippen molar-refractivity contribution in [2.75, 3.05) is 31.1 Å². The number of aromatic nitrogens is 2. The summed E-state index contributed by atoms with van der Waals surface area (Å²) in [6.45, 7) is 8.03. The summed E-state index contributed by atoms with van der Waals surface area (Å²) < 4.78 is 39.9. The third-order valence-corrected chi connectivity index (χ3v) is 6.44. The second-order valence-electron chi connectivity index (χ2n) is 7.15. The molecule has 6 nitrogen and oxygen atoms in total. The Morgan fingerprint density at radius 1 is 1.07 bits per heavy atom. The van der Waals surface area contributed by atoms with Gasteiger partial charge in [-0.25, -0.2) is 22.8 Å². The minimum absolute atomic E-state index is 0.114. The molecule has 1 aliphatic rings. The van der Waals surface area contributed by atoms with E-state index >= 15 is 0 Å². The Hall–Kier alpha value is -2.06. The monoisotopic (exact) mass is 392 g/mol. The molecule has 146 valence electrons. The van der Waals surface area contributed by atoms with Gasteiger partial charge in [-0.15, -0.1) is 0 Å². The van der Waals surface area contributed by atoms with E-state index in [9.17, 15) is 12.8 Å². The highest BCUT2D eigenvalue weighted by Crippen LogP contribution is 2.20. The van der Waals surface area contributed by atoms with Gasteiger partial charge in [-0.3, -0.25) is 0 Å². The number of rotatable bonds is 5. The van der Waals surface area contributed by atoms with Gasteiger partial charge < -0.3 is 4.90 Å². The van der Waals surface area contributed by atoms with E-state index < -0.39 is 10.0 Å². The first-order chi connectivity index (χ1) is 12.7. The Morgan fingerprint density at radius 3 is 2.30 bits per heavy atom. The number of anilines is 1. The SMILES string of the molecule is Cc1cc(N2CCN(S(=O)(=O)Cc3ccc(F)cc3)CC2)nc(C(C)C)n1. The van der Waals surface area contributed by atoms with E-state index in [4.69, 9.17) is 0 Å². The predicted octanol–water partition coefficient (Wildman–Crippen LogP) is 2.70. The maximum atomic E-state index is 13.0. The van der Waals surface area contributed by atoms with Crippen molar-refractivity contribution in [2.45, 2.75) is 32.4 Å². The lowest BCUT2D eigenvalue weighted by atomic mass is 10.2. The zero-order chi connectivity index (χ0) is 19.6. The average Bonchev–Trinajstić information content (AvgIpc) is 2.63. The van der Waals surface area contributed by atoms with Crippen molar-refractivity contribution in [1.29, 1.82) is 0 Å². The summed E-state index contributed by atoms with van der Waals surface area (Å²) in [5, 5.41) is 0. The summed E-state index contributed by atoms with van der Waals surface area (Å²) >= 11 is 0. The number of nitrogens with zero attached hydrogens (tertiary/aromatic N) is 4. The van der Waals surface area contributed by atoms with Crippen molar-refractivity contribution < 1.29 is 12.8 Å². The molecule has 0 aliphatic carbocycles. The van der Waals surface area contributed by atoms with Gasteiger partial charge in [0.2, 0.25) is 10.0 Å². The predicted molar refractivity (Wildman–Crippen MR) is 104 cm³/mol. The van der Waals surface area contributed by atoms with Crippen LogP contribution >= 0.6 is 0 Å². The number of hydrogen-bond acceptors (Lipinski definition) is 5. The van der Waals surface area contributed by atoms with Crippen LogP contribution in [0.2, 0.25) is 0 Å². The van der Waals surface area contributed by atoms with Crippen molar-refractivity contribution in [2.24, 2.45) is 0 Å². The number of benzene rings is 1. The van der Waals surface area contributed by atoms with Gasteiger partial charge >= 0.3 is 0 Å². The molecule has 0 saturated carbocycles. The van der Waals surface area contributed by atoms with Gasteiger partial charge in [-0.1, -0.05) is 26.0 Å². The smallest absolute Gasteiger partial charge is 0.218 e. The van der Waals surface area contributed by atoms with Gasteiger partial charge in [-0.2, -0.15) is 4.31 Å². The number of aryl methyl sites for hydroxylation is 1. The highest BCUT2D eigenvalue weighted by Gasteiger charge is 2.28. The molecule has 1 fully saturated rings. The minimum atomic E-state index is -3.43. The fraction of sp³-hybridized carbons (Fsp3) is 0.474. The van der Waals surface area contributed by atoms with Crippen LogP contribution < -0.4 is 4.90 Å². The van der Waals surface area contributed by atoms with Crippen molar-refractivity contribution in [3.8, 4) is 0 Å².